The van der Waals surface area contributed by atoms with E-state index in [0.29, 0.717) is 18.1 Å². The van der Waals surface area contributed by atoms with Gasteiger partial charge in [-0.3, -0.25) is 0 Å². The van der Waals surface area contributed by atoms with E-state index in [1.165, 1.54) is 23.3 Å². The Kier molecular flexibility index (Phi) is 5.53. The lowest BCUT2D eigenvalue weighted by atomic mass is 10.2. The molecule has 2 aliphatic rings. The first kappa shape index (κ1) is 18.5. The van der Waals surface area contributed by atoms with Gasteiger partial charge >= 0.3 is 5.97 Å². The average Bonchev–Trinajstić information content (AvgIpc) is 3.05. The van der Waals surface area contributed by atoms with E-state index in [9.17, 15) is 4.79 Å². The summed E-state index contributed by atoms with van der Waals surface area (Å²) < 4.78 is 15.9. The predicted octanol–water partition coefficient (Wildman–Crippen LogP) is 0.0380. The van der Waals surface area contributed by atoms with E-state index in [4.69, 9.17) is 24.2 Å². The highest BCUT2D eigenvalue weighted by atomic mass is 32.1. The zero-order chi connectivity index (χ0) is 18.8. The molecule has 0 aromatic carbocycles. The van der Waals surface area contributed by atoms with Gasteiger partial charge in [0.1, 0.15) is 35.2 Å². The Bertz CT molecular complexity index is 828. The first-order valence-corrected chi connectivity index (χ1v) is 10.1. The number of quaternary nitrogens is 1. The van der Waals surface area contributed by atoms with Crippen LogP contribution in [0.1, 0.15) is 21.1 Å². The summed E-state index contributed by atoms with van der Waals surface area (Å²) >= 11 is 1.39. The summed E-state index contributed by atoms with van der Waals surface area (Å²) in [6.45, 7) is 9.14. The summed E-state index contributed by atoms with van der Waals surface area (Å²) in [5.41, 5.74) is 0.897. The molecule has 4 rings (SSSR count). The number of carbonyl (C=O) groups is 1. The lowest BCUT2D eigenvalue weighted by molar-refractivity contribution is -0.922. The van der Waals surface area contributed by atoms with Crippen molar-refractivity contribution in [3.05, 3.63) is 16.3 Å². The van der Waals surface area contributed by atoms with Gasteiger partial charge < -0.3 is 24.0 Å². The Morgan fingerprint density at radius 2 is 1.89 bits per heavy atom. The predicted molar refractivity (Wildman–Crippen MR) is 102 cm³/mol. The molecule has 2 aromatic rings. The number of methoxy groups -OCH3 is 1. The summed E-state index contributed by atoms with van der Waals surface area (Å²) in [7, 11) is 1.41. The van der Waals surface area contributed by atoms with Crippen molar-refractivity contribution in [1.82, 2.24) is 9.97 Å². The van der Waals surface area contributed by atoms with Crippen LogP contribution in [-0.2, 0) is 20.8 Å². The van der Waals surface area contributed by atoms with Crippen LogP contribution in [0.3, 0.4) is 0 Å². The van der Waals surface area contributed by atoms with E-state index in [1.807, 2.05) is 6.92 Å². The van der Waals surface area contributed by atoms with Crippen LogP contribution in [0, 0.1) is 6.92 Å². The van der Waals surface area contributed by atoms with Gasteiger partial charge in [-0.2, -0.15) is 0 Å². The van der Waals surface area contributed by atoms with Crippen LogP contribution in [0.15, 0.2) is 0 Å². The van der Waals surface area contributed by atoms with E-state index in [-0.39, 0.29) is 5.97 Å². The van der Waals surface area contributed by atoms with Gasteiger partial charge in [0.2, 0.25) is 0 Å². The van der Waals surface area contributed by atoms with Gasteiger partial charge in [0, 0.05) is 13.1 Å². The number of morpholine rings is 2. The van der Waals surface area contributed by atoms with Crippen LogP contribution < -0.4 is 9.80 Å². The molecule has 0 aliphatic carbocycles. The standard InChI is InChI=1S/C18H24N4O4S/c1-12-14-16(22-5-9-26-10-6-22)19-13(11-21-3-7-25-8-4-21)20-17(14)27-15(12)18(23)24-2/h3-11H2,1-2H3/p+1. The Labute approximate surface area is 162 Å². The number of hydrogen-bond acceptors (Lipinski definition) is 8. The lowest BCUT2D eigenvalue weighted by Gasteiger charge is -2.29. The smallest absolute Gasteiger partial charge is 0.348 e. The molecule has 0 bridgehead atoms. The zero-order valence-corrected chi connectivity index (χ0v) is 16.6. The molecule has 0 amide bonds. The van der Waals surface area contributed by atoms with Crippen molar-refractivity contribution in [1.29, 1.82) is 0 Å². The number of rotatable bonds is 4. The maximum atomic E-state index is 12.2. The fraction of sp³-hybridized carbons (Fsp3) is 0.611. The normalized spacial score (nSPS) is 18.8. The van der Waals surface area contributed by atoms with Crippen LogP contribution in [0.4, 0.5) is 5.82 Å². The molecule has 0 saturated carbocycles. The molecule has 2 fully saturated rings. The number of esters is 1. The minimum Gasteiger partial charge on any atom is -0.465 e. The molecule has 2 saturated heterocycles. The highest BCUT2D eigenvalue weighted by molar-refractivity contribution is 7.20. The SMILES string of the molecule is COC(=O)c1sc2nc(C[NH+]3CCOCC3)nc(N3CCOCC3)c2c1C. The molecule has 0 radical (unpaired) electrons. The maximum Gasteiger partial charge on any atom is 0.348 e. The van der Waals surface area contributed by atoms with Crippen molar-refractivity contribution < 1.29 is 23.9 Å². The molecule has 0 atom stereocenters. The molecule has 1 N–H and O–H groups in total. The summed E-state index contributed by atoms with van der Waals surface area (Å²) in [5, 5.41) is 0.961. The summed E-state index contributed by atoms with van der Waals surface area (Å²) in [6, 6.07) is 0. The topological polar surface area (TPSA) is 78.2 Å². The molecule has 2 aromatic heterocycles. The second kappa shape index (κ2) is 8.05. The van der Waals surface area contributed by atoms with Gasteiger partial charge in [0.15, 0.2) is 5.82 Å². The van der Waals surface area contributed by atoms with Crippen LogP contribution in [-0.4, -0.2) is 75.7 Å². The van der Waals surface area contributed by atoms with Crippen molar-refractivity contribution in [2.45, 2.75) is 13.5 Å². The Morgan fingerprint density at radius 3 is 2.59 bits per heavy atom. The first-order chi connectivity index (χ1) is 13.2. The highest BCUT2D eigenvalue weighted by Crippen LogP contribution is 2.36. The van der Waals surface area contributed by atoms with E-state index < -0.39 is 0 Å². The number of hydrogen-bond donors (Lipinski definition) is 1. The molecule has 4 heterocycles. The molecule has 2 aliphatic heterocycles. The minimum atomic E-state index is -0.316. The molecule has 0 unspecified atom stereocenters. The van der Waals surface area contributed by atoms with Gasteiger partial charge in [-0.1, -0.05) is 0 Å². The Hall–Kier alpha value is -1.81. The number of thiophene rings is 1. The Balaban J connectivity index is 1.76. The van der Waals surface area contributed by atoms with Crippen LogP contribution >= 0.6 is 11.3 Å². The highest BCUT2D eigenvalue weighted by Gasteiger charge is 2.26. The number of carbonyl (C=O) groups excluding carboxylic acids is 1. The van der Waals surface area contributed by atoms with Crippen molar-refractivity contribution in [3.63, 3.8) is 0 Å². The maximum absolute atomic E-state index is 12.2. The largest absolute Gasteiger partial charge is 0.465 e. The Morgan fingerprint density at radius 1 is 1.19 bits per heavy atom. The second-order valence-electron chi connectivity index (χ2n) is 6.83. The van der Waals surface area contributed by atoms with Gasteiger partial charge in [-0.05, 0) is 12.5 Å². The fourth-order valence-corrected chi connectivity index (χ4v) is 4.70. The zero-order valence-electron chi connectivity index (χ0n) is 15.7. The third-order valence-electron chi connectivity index (χ3n) is 5.11. The van der Waals surface area contributed by atoms with Crippen molar-refractivity contribution in [2.24, 2.45) is 0 Å². The molecule has 146 valence electrons. The first-order valence-electron chi connectivity index (χ1n) is 9.29. The van der Waals surface area contributed by atoms with Gasteiger partial charge in [-0.25, -0.2) is 14.8 Å². The van der Waals surface area contributed by atoms with E-state index in [2.05, 4.69) is 4.90 Å². The van der Waals surface area contributed by atoms with Crippen molar-refractivity contribution in [2.75, 3.05) is 64.6 Å². The van der Waals surface area contributed by atoms with E-state index in [0.717, 1.165) is 73.4 Å². The van der Waals surface area contributed by atoms with E-state index in [1.54, 1.807) is 0 Å². The molecular weight excluding hydrogens is 368 g/mol. The number of fused-ring (bicyclic) bond motifs is 1. The van der Waals surface area contributed by atoms with Crippen LogP contribution in [0.2, 0.25) is 0 Å². The second-order valence-corrected chi connectivity index (χ2v) is 7.83. The third-order valence-corrected chi connectivity index (χ3v) is 6.27. The number of aromatic nitrogens is 2. The van der Waals surface area contributed by atoms with Gasteiger partial charge in [0.25, 0.3) is 0 Å². The molecular formula is C18H25N4O4S+. The van der Waals surface area contributed by atoms with Crippen LogP contribution in [0.25, 0.3) is 10.2 Å². The monoisotopic (exact) mass is 393 g/mol. The molecule has 0 spiro atoms. The third kappa shape index (κ3) is 3.77. The molecule has 8 nitrogen and oxygen atoms in total. The molecule has 9 heteroatoms. The summed E-state index contributed by atoms with van der Waals surface area (Å²) in [4.78, 5) is 27.0. The van der Waals surface area contributed by atoms with Crippen molar-refractivity contribution >= 4 is 33.3 Å². The number of anilines is 1. The average molecular weight is 393 g/mol. The van der Waals surface area contributed by atoms with Crippen molar-refractivity contribution in [3.8, 4) is 0 Å². The number of ether oxygens (including phenoxy) is 3. The number of aryl methyl sites for hydroxylation is 1. The summed E-state index contributed by atoms with van der Waals surface area (Å²) in [6.07, 6.45) is 0. The fourth-order valence-electron chi connectivity index (χ4n) is 3.59. The minimum absolute atomic E-state index is 0.316. The van der Waals surface area contributed by atoms with Gasteiger partial charge in [0.05, 0.1) is 38.9 Å². The number of nitrogens with one attached hydrogen (secondary N) is 1. The molecule has 27 heavy (non-hydrogen) atoms. The van der Waals surface area contributed by atoms with Crippen LogP contribution in [0.5, 0.6) is 0 Å². The quantitative estimate of drug-likeness (QED) is 0.735. The lowest BCUT2D eigenvalue weighted by Crippen LogP contribution is -3.12. The summed E-state index contributed by atoms with van der Waals surface area (Å²) in [5.74, 6) is 1.41. The van der Waals surface area contributed by atoms with Gasteiger partial charge in [-0.15, -0.1) is 11.3 Å². The van der Waals surface area contributed by atoms with E-state index >= 15 is 0 Å². The number of nitrogens with zero attached hydrogens (tertiary/aromatic N) is 3.